The van der Waals surface area contributed by atoms with Gasteiger partial charge < -0.3 is 9.47 Å². The summed E-state index contributed by atoms with van der Waals surface area (Å²) in [4.78, 5) is 32.6. The van der Waals surface area contributed by atoms with E-state index >= 15 is 0 Å². The molecule has 4 aromatic rings. The van der Waals surface area contributed by atoms with E-state index in [1.165, 1.54) is 31.6 Å². The zero-order valence-electron chi connectivity index (χ0n) is 17.4. The largest absolute Gasteiger partial charge is 0.481 e. The van der Waals surface area contributed by atoms with E-state index < -0.39 is 0 Å². The Kier molecular flexibility index (Phi) is 6.03. The molecule has 3 heterocycles. The Morgan fingerprint density at radius 2 is 1.94 bits per heavy atom. The number of aromatic nitrogens is 4. The number of carbonyl (C=O) groups is 1. The van der Waals surface area contributed by atoms with Gasteiger partial charge in [0.25, 0.3) is 5.91 Å². The van der Waals surface area contributed by atoms with Crippen LogP contribution in [0.4, 0.5) is 5.13 Å². The second-order valence-corrected chi connectivity index (χ2v) is 7.62. The molecule has 0 bridgehead atoms. The number of pyridine rings is 1. The van der Waals surface area contributed by atoms with Crippen molar-refractivity contribution in [2.45, 2.75) is 19.9 Å². The molecule has 0 saturated carbocycles. The van der Waals surface area contributed by atoms with Gasteiger partial charge in [0.2, 0.25) is 5.88 Å². The number of hydrogen-bond acceptors (Lipinski definition) is 8. The monoisotopic (exact) mass is 435 g/mol. The Morgan fingerprint density at radius 1 is 1.06 bits per heavy atom. The van der Waals surface area contributed by atoms with Crippen LogP contribution in [0, 0.1) is 0 Å². The fourth-order valence-electron chi connectivity index (χ4n) is 3.12. The van der Waals surface area contributed by atoms with Crippen LogP contribution in [0.3, 0.4) is 0 Å². The Labute approximate surface area is 183 Å². The first-order valence-electron chi connectivity index (χ1n) is 9.70. The number of rotatable bonds is 7. The van der Waals surface area contributed by atoms with Crippen LogP contribution >= 0.6 is 11.3 Å². The highest BCUT2D eigenvalue weighted by Crippen LogP contribution is 2.32. The number of fused-ring (bicyclic) bond motifs is 1. The first kappa shape index (κ1) is 20.7. The number of thiazole rings is 1. The average Bonchev–Trinajstić information content (AvgIpc) is 3.26. The molecule has 158 valence electrons. The van der Waals surface area contributed by atoms with Gasteiger partial charge in [-0.05, 0) is 30.2 Å². The summed E-state index contributed by atoms with van der Waals surface area (Å²) in [7, 11) is 2.91. The van der Waals surface area contributed by atoms with Crippen molar-refractivity contribution in [3.05, 3.63) is 65.6 Å². The first-order valence-corrected chi connectivity index (χ1v) is 10.5. The van der Waals surface area contributed by atoms with E-state index in [9.17, 15) is 4.79 Å². The van der Waals surface area contributed by atoms with Crippen molar-refractivity contribution < 1.29 is 14.3 Å². The van der Waals surface area contributed by atoms with Gasteiger partial charge in [0, 0.05) is 12.3 Å². The molecule has 0 radical (unpaired) electrons. The van der Waals surface area contributed by atoms with Gasteiger partial charge in [0.1, 0.15) is 5.69 Å². The summed E-state index contributed by atoms with van der Waals surface area (Å²) in [6.07, 6.45) is 2.55. The zero-order valence-corrected chi connectivity index (χ0v) is 18.2. The molecule has 0 fully saturated rings. The van der Waals surface area contributed by atoms with Crippen molar-refractivity contribution in [1.29, 1.82) is 0 Å². The summed E-state index contributed by atoms with van der Waals surface area (Å²) in [5.74, 6) is -0.104. The average molecular weight is 436 g/mol. The van der Waals surface area contributed by atoms with E-state index in [-0.39, 0.29) is 30.0 Å². The number of aryl methyl sites for hydroxylation is 1. The van der Waals surface area contributed by atoms with Gasteiger partial charge in [-0.3, -0.25) is 14.7 Å². The molecule has 0 spiro atoms. The van der Waals surface area contributed by atoms with Crippen LogP contribution in [0.25, 0.3) is 10.2 Å². The topological polar surface area (TPSA) is 90.3 Å². The molecule has 4 rings (SSSR count). The highest BCUT2D eigenvalue weighted by molar-refractivity contribution is 7.22. The molecule has 1 aromatic carbocycles. The highest BCUT2D eigenvalue weighted by Gasteiger charge is 2.25. The summed E-state index contributed by atoms with van der Waals surface area (Å²) in [6, 6.07) is 13.2. The fourth-order valence-corrected chi connectivity index (χ4v) is 4.13. The summed E-state index contributed by atoms with van der Waals surface area (Å²) in [6.45, 7) is 2.33. The van der Waals surface area contributed by atoms with Gasteiger partial charge in [0.15, 0.2) is 5.13 Å². The molecule has 3 aromatic heterocycles. The van der Waals surface area contributed by atoms with E-state index in [4.69, 9.17) is 14.5 Å². The number of para-hydroxylation sites is 1. The minimum Gasteiger partial charge on any atom is -0.481 e. The Bertz CT molecular complexity index is 1190. The third-order valence-corrected chi connectivity index (χ3v) is 5.73. The third kappa shape index (κ3) is 4.31. The Balaban J connectivity index is 1.81. The van der Waals surface area contributed by atoms with E-state index in [1.807, 2.05) is 30.3 Å². The normalized spacial score (nSPS) is 10.8. The lowest BCUT2D eigenvalue weighted by molar-refractivity contribution is 0.0978. The number of ether oxygens (including phenoxy) is 2. The molecule has 0 unspecified atom stereocenters. The standard InChI is InChI=1S/C22H21N5O3S/c1-4-14-8-7-10-17-19(14)26-22(31-17)27(13-15-9-5-6-11-23-15)20(28)16-12-18(29-2)25-21(24-16)30-3/h5-12H,4,13H2,1-3H3. The second kappa shape index (κ2) is 9.05. The van der Waals surface area contributed by atoms with Crippen LogP contribution in [-0.2, 0) is 13.0 Å². The van der Waals surface area contributed by atoms with Crippen molar-refractivity contribution in [2.75, 3.05) is 19.1 Å². The molecule has 0 N–H and O–H groups in total. The lowest BCUT2D eigenvalue weighted by Crippen LogP contribution is -2.31. The number of carbonyl (C=O) groups excluding carboxylic acids is 1. The number of nitrogens with zero attached hydrogens (tertiary/aromatic N) is 5. The van der Waals surface area contributed by atoms with Crippen LogP contribution < -0.4 is 14.4 Å². The van der Waals surface area contributed by atoms with Crippen molar-refractivity contribution in [3.63, 3.8) is 0 Å². The summed E-state index contributed by atoms with van der Waals surface area (Å²) in [5, 5.41) is 0.572. The van der Waals surface area contributed by atoms with Gasteiger partial charge in [0.05, 0.1) is 36.7 Å². The minimum atomic E-state index is -0.346. The van der Waals surface area contributed by atoms with E-state index in [2.05, 4.69) is 27.9 Å². The lowest BCUT2D eigenvalue weighted by atomic mass is 10.1. The maximum Gasteiger partial charge on any atom is 0.320 e. The first-order chi connectivity index (χ1) is 15.1. The molecule has 0 aliphatic heterocycles. The van der Waals surface area contributed by atoms with Crippen LogP contribution in [-0.4, -0.2) is 40.1 Å². The SMILES string of the molecule is CCc1cccc2sc(N(Cc3ccccn3)C(=O)c3cc(OC)nc(OC)n3)nc12. The number of amides is 1. The predicted octanol–water partition coefficient (Wildman–Crippen LogP) is 3.91. The molecule has 0 aliphatic rings. The van der Waals surface area contributed by atoms with Gasteiger partial charge in [-0.25, -0.2) is 4.98 Å². The molecule has 0 saturated heterocycles. The smallest absolute Gasteiger partial charge is 0.320 e. The maximum absolute atomic E-state index is 13.6. The Hall–Kier alpha value is -3.59. The van der Waals surface area contributed by atoms with Crippen LogP contribution in [0.15, 0.2) is 48.7 Å². The molecule has 8 nitrogen and oxygen atoms in total. The van der Waals surface area contributed by atoms with Crippen molar-refractivity contribution >= 4 is 32.6 Å². The lowest BCUT2D eigenvalue weighted by Gasteiger charge is -2.19. The van der Waals surface area contributed by atoms with Crippen molar-refractivity contribution in [3.8, 4) is 11.9 Å². The van der Waals surface area contributed by atoms with Crippen LogP contribution in [0.2, 0.25) is 0 Å². The number of benzene rings is 1. The van der Waals surface area contributed by atoms with E-state index in [0.717, 1.165) is 27.9 Å². The minimum absolute atomic E-state index is 0.0538. The third-order valence-electron chi connectivity index (χ3n) is 4.69. The molecule has 31 heavy (non-hydrogen) atoms. The van der Waals surface area contributed by atoms with Crippen molar-refractivity contribution in [1.82, 2.24) is 19.9 Å². The summed E-state index contributed by atoms with van der Waals surface area (Å²) in [5.41, 5.74) is 2.92. The van der Waals surface area contributed by atoms with Crippen LogP contribution in [0.1, 0.15) is 28.7 Å². The van der Waals surface area contributed by atoms with Gasteiger partial charge in [-0.2, -0.15) is 9.97 Å². The quantitative estimate of drug-likeness (QED) is 0.435. The molecule has 0 atom stereocenters. The van der Waals surface area contributed by atoms with Crippen LogP contribution in [0.5, 0.6) is 11.9 Å². The fraction of sp³-hybridized carbons (Fsp3) is 0.227. The zero-order chi connectivity index (χ0) is 21.8. The number of hydrogen-bond donors (Lipinski definition) is 0. The van der Waals surface area contributed by atoms with Gasteiger partial charge in [-0.1, -0.05) is 36.5 Å². The number of methoxy groups -OCH3 is 2. The van der Waals surface area contributed by atoms with Gasteiger partial charge in [-0.15, -0.1) is 0 Å². The summed E-state index contributed by atoms with van der Waals surface area (Å²) >= 11 is 1.46. The number of anilines is 1. The molecular formula is C22H21N5O3S. The van der Waals surface area contributed by atoms with E-state index in [1.54, 1.807) is 11.1 Å². The summed E-state index contributed by atoms with van der Waals surface area (Å²) < 4.78 is 11.4. The molecular weight excluding hydrogens is 414 g/mol. The maximum atomic E-state index is 13.6. The molecule has 9 heteroatoms. The Morgan fingerprint density at radius 3 is 2.65 bits per heavy atom. The van der Waals surface area contributed by atoms with Crippen molar-refractivity contribution in [2.24, 2.45) is 0 Å². The predicted molar refractivity (Wildman–Crippen MR) is 119 cm³/mol. The van der Waals surface area contributed by atoms with E-state index in [0.29, 0.717) is 5.13 Å². The second-order valence-electron chi connectivity index (χ2n) is 6.61. The molecule has 1 amide bonds. The highest BCUT2D eigenvalue weighted by atomic mass is 32.1. The van der Waals surface area contributed by atoms with Gasteiger partial charge >= 0.3 is 6.01 Å². The molecule has 0 aliphatic carbocycles.